The summed E-state index contributed by atoms with van der Waals surface area (Å²) < 4.78 is 0. The summed E-state index contributed by atoms with van der Waals surface area (Å²) in [7, 11) is 0. The number of hydrogen-bond acceptors (Lipinski definition) is 1. The quantitative estimate of drug-likeness (QED) is 0.543. The second kappa shape index (κ2) is 2.35. The van der Waals surface area contributed by atoms with Crippen LogP contribution in [-0.2, 0) is 11.2 Å². The Morgan fingerprint density at radius 2 is 1.91 bits per heavy atom. The van der Waals surface area contributed by atoms with E-state index in [1.54, 1.807) is 6.08 Å². The fourth-order valence-electron chi connectivity index (χ4n) is 1.29. The highest BCUT2D eigenvalue weighted by Crippen LogP contribution is 2.15. The van der Waals surface area contributed by atoms with Crippen LogP contribution in [0.25, 0.3) is 6.08 Å². The second-order valence-corrected chi connectivity index (χ2v) is 2.68. The number of hydrogen-bond donors (Lipinski definition) is 0. The Morgan fingerprint density at radius 3 is 2.82 bits per heavy atom. The zero-order valence-corrected chi connectivity index (χ0v) is 6.08. The van der Waals surface area contributed by atoms with Gasteiger partial charge in [-0.2, -0.15) is 0 Å². The molecule has 1 aromatic rings. The molecule has 0 bridgehead atoms. The van der Waals surface area contributed by atoms with Crippen LogP contribution < -0.4 is 0 Å². The summed E-state index contributed by atoms with van der Waals surface area (Å²) in [5, 5.41) is 0. The summed E-state index contributed by atoms with van der Waals surface area (Å²) in [5.74, 6) is 0.198. The number of carbonyl (C=O) groups is 1. The van der Waals surface area contributed by atoms with E-state index in [0.717, 1.165) is 5.56 Å². The van der Waals surface area contributed by atoms with Crippen molar-refractivity contribution >= 4 is 11.9 Å². The summed E-state index contributed by atoms with van der Waals surface area (Å²) in [5.41, 5.74) is 2.31. The van der Waals surface area contributed by atoms with Crippen molar-refractivity contribution in [3.63, 3.8) is 0 Å². The van der Waals surface area contributed by atoms with Crippen molar-refractivity contribution in [3.8, 4) is 0 Å². The van der Waals surface area contributed by atoms with E-state index in [1.807, 2.05) is 30.3 Å². The molecule has 11 heavy (non-hydrogen) atoms. The molecule has 0 aromatic heterocycles. The van der Waals surface area contributed by atoms with Crippen LogP contribution in [0.1, 0.15) is 11.1 Å². The minimum Gasteiger partial charge on any atom is -0.294 e. The maximum absolute atomic E-state index is 10.9. The molecule has 0 heterocycles. The van der Waals surface area contributed by atoms with Crippen molar-refractivity contribution in [2.75, 3.05) is 0 Å². The molecule has 0 spiro atoms. The summed E-state index contributed by atoms with van der Waals surface area (Å²) in [6.45, 7) is 0. The first-order chi connectivity index (χ1) is 5.36. The highest BCUT2D eigenvalue weighted by molar-refractivity contribution is 5.98. The topological polar surface area (TPSA) is 17.1 Å². The molecule has 2 rings (SSSR count). The number of fused-ring (bicyclic) bond motifs is 1. The third-order valence-corrected chi connectivity index (χ3v) is 1.87. The molecule has 1 aliphatic carbocycles. The summed E-state index contributed by atoms with van der Waals surface area (Å²) in [4.78, 5) is 10.9. The molecule has 1 nitrogen and oxygen atoms in total. The van der Waals surface area contributed by atoms with E-state index in [1.165, 1.54) is 5.56 Å². The van der Waals surface area contributed by atoms with Crippen molar-refractivity contribution in [1.82, 2.24) is 0 Å². The van der Waals surface area contributed by atoms with Gasteiger partial charge in [0.1, 0.15) is 0 Å². The SMILES string of the molecule is O=C1C=Cc2ccccc2C1. The Balaban J connectivity index is 2.54. The lowest BCUT2D eigenvalue weighted by Gasteiger charge is -2.07. The van der Waals surface area contributed by atoms with Crippen LogP contribution >= 0.6 is 0 Å². The van der Waals surface area contributed by atoms with Gasteiger partial charge < -0.3 is 0 Å². The smallest absolute Gasteiger partial charge is 0.160 e. The molecule has 0 saturated heterocycles. The van der Waals surface area contributed by atoms with Crippen LogP contribution in [0.4, 0.5) is 0 Å². The van der Waals surface area contributed by atoms with Gasteiger partial charge in [-0.15, -0.1) is 0 Å². The third-order valence-electron chi connectivity index (χ3n) is 1.87. The van der Waals surface area contributed by atoms with Gasteiger partial charge in [-0.1, -0.05) is 30.3 Å². The molecule has 1 aliphatic rings. The molecule has 0 saturated carbocycles. The largest absolute Gasteiger partial charge is 0.294 e. The molecule has 0 unspecified atom stereocenters. The van der Waals surface area contributed by atoms with Crippen molar-refractivity contribution in [3.05, 3.63) is 41.5 Å². The number of rotatable bonds is 0. The monoisotopic (exact) mass is 144 g/mol. The Bertz CT molecular complexity index is 323. The van der Waals surface area contributed by atoms with E-state index in [2.05, 4.69) is 0 Å². The van der Waals surface area contributed by atoms with E-state index < -0.39 is 0 Å². The first-order valence-corrected chi connectivity index (χ1v) is 3.65. The Morgan fingerprint density at radius 1 is 1.09 bits per heavy atom. The van der Waals surface area contributed by atoms with Crippen molar-refractivity contribution in [1.29, 1.82) is 0 Å². The van der Waals surface area contributed by atoms with E-state index in [4.69, 9.17) is 0 Å². The minimum atomic E-state index is 0.198. The van der Waals surface area contributed by atoms with Gasteiger partial charge in [0.25, 0.3) is 0 Å². The van der Waals surface area contributed by atoms with Gasteiger partial charge in [0.05, 0.1) is 0 Å². The molecule has 0 radical (unpaired) electrons. The van der Waals surface area contributed by atoms with Gasteiger partial charge in [0, 0.05) is 6.42 Å². The highest BCUT2D eigenvalue weighted by Gasteiger charge is 2.07. The van der Waals surface area contributed by atoms with E-state index in [0.29, 0.717) is 6.42 Å². The summed E-state index contributed by atoms with van der Waals surface area (Å²) >= 11 is 0. The van der Waals surface area contributed by atoms with Crippen LogP contribution in [0.3, 0.4) is 0 Å². The lowest BCUT2D eigenvalue weighted by Crippen LogP contribution is -2.04. The predicted molar refractivity (Wildman–Crippen MR) is 44.2 cm³/mol. The number of carbonyl (C=O) groups excluding carboxylic acids is 1. The van der Waals surface area contributed by atoms with E-state index >= 15 is 0 Å². The fourth-order valence-corrected chi connectivity index (χ4v) is 1.29. The maximum atomic E-state index is 10.9. The number of benzene rings is 1. The Labute approximate surface area is 65.4 Å². The average Bonchev–Trinajstić information content (AvgIpc) is 2.04. The molecule has 0 atom stereocenters. The van der Waals surface area contributed by atoms with Gasteiger partial charge in [0.15, 0.2) is 5.78 Å². The van der Waals surface area contributed by atoms with Crippen LogP contribution in [0.15, 0.2) is 30.3 Å². The van der Waals surface area contributed by atoms with Gasteiger partial charge in [-0.3, -0.25) is 4.79 Å². The molecular weight excluding hydrogens is 136 g/mol. The Hall–Kier alpha value is -1.37. The van der Waals surface area contributed by atoms with Gasteiger partial charge in [-0.05, 0) is 17.2 Å². The van der Waals surface area contributed by atoms with Crippen molar-refractivity contribution in [2.45, 2.75) is 6.42 Å². The minimum absolute atomic E-state index is 0.198. The molecule has 0 amide bonds. The molecule has 1 aromatic carbocycles. The maximum Gasteiger partial charge on any atom is 0.160 e. The normalized spacial score (nSPS) is 14.7. The number of ketones is 1. The first-order valence-electron chi connectivity index (χ1n) is 3.65. The van der Waals surface area contributed by atoms with E-state index in [-0.39, 0.29) is 5.78 Å². The van der Waals surface area contributed by atoms with Crippen LogP contribution in [-0.4, -0.2) is 5.78 Å². The Kier molecular flexibility index (Phi) is 1.35. The number of allylic oxidation sites excluding steroid dienone is 1. The van der Waals surface area contributed by atoms with Gasteiger partial charge in [0.2, 0.25) is 0 Å². The van der Waals surface area contributed by atoms with Crippen LogP contribution in [0.2, 0.25) is 0 Å². The van der Waals surface area contributed by atoms with Crippen LogP contribution in [0.5, 0.6) is 0 Å². The first kappa shape index (κ1) is 6.35. The zero-order chi connectivity index (χ0) is 7.68. The van der Waals surface area contributed by atoms with Gasteiger partial charge >= 0.3 is 0 Å². The second-order valence-electron chi connectivity index (χ2n) is 2.68. The van der Waals surface area contributed by atoms with Crippen molar-refractivity contribution in [2.24, 2.45) is 0 Å². The van der Waals surface area contributed by atoms with Crippen molar-refractivity contribution < 1.29 is 4.79 Å². The molecule has 0 fully saturated rings. The molecule has 1 heteroatoms. The third kappa shape index (κ3) is 1.09. The lowest BCUT2D eigenvalue weighted by atomic mass is 9.97. The summed E-state index contributed by atoms with van der Waals surface area (Å²) in [6.07, 6.45) is 4.08. The molecular formula is C10H8O. The molecule has 0 N–H and O–H groups in total. The predicted octanol–water partition coefficient (Wildman–Crippen LogP) is 1.83. The summed E-state index contributed by atoms with van der Waals surface area (Å²) in [6, 6.07) is 7.97. The fraction of sp³-hybridized carbons (Fsp3) is 0.100. The zero-order valence-electron chi connectivity index (χ0n) is 6.08. The average molecular weight is 144 g/mol. The van der Waals surface area contributed by atoms with E-state index in [9.17, 15) is 4.79 Å². The molecule has 0 aliphatic heterocycles. The van der Waals surface area contributed by atoms with Gasteiger partial charge in [-0.25, -0.2) is 0 Å². The molecule has 54 valence electrons. The lowest BCUT2D eigenvalue weighted by molar-refractivity contribution is -0.114. The standard InChI is InChI=1S/C10H8O/c11-10-6-5-8-3-1-2-4-9(8)7-10/h1-6H,7H2. The highest BCUT2D eigenvalue weighted by atomic mass is 16.1. The van der Waals surface area contributed by atoms with Crippen LogP contribution in [0, 0.1) is 0 Å².